The number of pyridine rings is 1. The normalized spacial score (nSPS) is 12.6. The zero-order chi connectivity index (χ0) is 20.3. The molecule has 0 fully saturated rings. The zero-order valence-electron chi connectivity index (χ0n) is 15.4. The first kappa shape index (κ1) is 19.6. The first-order valence-corrected chi connectivity index (χ1v) is 8.96. The van der Waals surface area contributed by atoms with Crippen molar-refractivity contribution in [2.45, 2.75) is 19.9 Å². The first-order valence-electron chi connectivity index (χ1n) is 8.58. The smallest absolute Gasteiger partial charge is 0.251 e. The highest BCUT2D eigenvalue weighted by atomic mass is 35.5. The molecule has 3 aromatic rings. The van der Waals surface area contributed by atoms with Gasteiger partial charge in [-0.3, -0.25) is 4.79 Å². The Labute approximate surface area is 166 Å². The fourth-order valence-corrected chi connectivity index (χ4v) is 2.80. The van der Waals surface area contributed by atoms with Crippen LogP contribution >= 0.6 is 11.6 Å². The van der Waals surface area contributed by atoms with Gasteiger partial charge < -0.3 is 15.6 Å². The highest BCUT2D eigenvalue weighted by Gasteiger charge is 2.13. The molecule has 0 spiro atoms. The maximum absolute atomic E-state index is 13.7. The Hall–Kier alpha value is -3.19. The predicted molar refractivity (Wildman–Crippen MR) is 109 cm³/mol. The number of hydrogen-bond acceptors (Lipinski definition) is 5. The van der Waals surface area contributed by atoms with Gasteiger partial charge in [0.05, 0.1) is 22.6 Å². The molecule has 1 atom stereocenters. The second kappa shape index (κ2) is 8.22. The van der Waals surface area contributed by atoms with Crippen molar-refractivity contribution < 1.29 is 4.39 Å². The number of allylic oxidation sites excluding steroid dienone is 1. The maximum Gasteiger partial charge on any atom is 0.251 e. The van der Waals surface area contributed by atoms with Crippen LogP contribution in [-0.4, -0.2) is 14.5 Å². The number of anilines is 1. The third kappa shape index (κ3) is 4.20. The molecule has 6 nitrogen and oxygen atoms in total. The minimum Gasteiger partial charge on any atom is -0.385 e. The van der Waals surface area contributed by atoms with Crippen molar-refractivity contribution in [2.75, 3.05) is 5.32 Å². The van der Waals surface area contributed by atoms with Gasteiger partial charge in [-0.25, -0.2) is 14.4 Å². The standard InChI is InChI=1S/C20H19ClFN5O/c1-3-18(23)26-20-24-8-6-17(25-20)14-7-9-27(19(28)11-14)12(2)13-4-5-15(21)16(22)10-13/h3-12H,23H2,1-2H3,(H,24,25,26)/b18-3+. The molecule has 28 heavy (non-hydrogen) atoms. The number of halogens is 2. The van der Waals surface area contributed by atoms with Gasteiger partial charge in [0, 0.05) is 24.0 Å². The lowest BCUT2D eigenvalue weighted by atomic mass is 10.1. The number of nitrogens with zero attached hydrogens (tertiary/aromatic N) is 3. The van der Waals surface area contributed by atoms with Crippen LogP contribution in [-0.2, 0) is 0 Å². The van der Waals surface area contributed by atoms with E-state index >= 15 is 0 Å². The summed E-state index contributed by atoms with van der Waals surface area (Å²) in [6.07, 6.45) is 4.93. The summed E-state index contributed by atoms with van der Waals surface area (Å²) in [5, 5.41) is 2.91. The van der Waals surface area contributed by atoms with Gasteiger partial charge in [-0.05, 0) is 49.8 Å². The highest BCUT2D eigenvalue weighted by molar-refractivity contribution is 6.30. The number of nitrogens with two attached hydrogens (primary N) is 1. The average Bonchev–Trinajstić information content (AvgIpc) is 2.69. The van der Waals surface area contributed by atoms with E-state index in [1.54, 1.807) is 43.6 Å². The molecule has 0 aliphatic heterocycles. The van der Waals surface area contributed by atoms with Gasteiger partial charge in [0.25, 0.3) is 5.56 Å². The lowest BCUT2D eigenvalue weighted by Crippen LogP contribution is -2.22. The number of benzene rings is 1. The van der Waals surface area contributed by atoms with E-state index in [-0.39, 0.29) is 16.6 Å². The topological polar surface area (TPSA) is 85.8 Å². The minimum atomic E-state index is -0.517. The Bertz CT molecular complexity index is 1100. The van der Waals surface area contributed by atoms with Crippen molar-refractivity contribution >= 4 is 17.5 Å². The van der Waals surface area contributed by atoms with E-state index in [1.165, 1.54) is 22.8 Å². The molecule has 0 radical (unpaired) electrons. The van der Waals surface area contributed by atoms with E-state index in [9.17, 15) is 9.18 Å². The summed E-state index contributed by atoms with van der Waals surface area (Å²) in [5.41, 5.74) is 7.36. The number of aromatic nitrogens is 3. The molecule has 8 heteroatoms. The van der Waals surface area contributed by atoms with Crippen LogP contribution in [0, 0.1) is 5.82 Å². The Balaban J connectivity index is 1.91. The van der Waals surface area contributed by atoms with Crippen LogP contribution in [0.5, 0.6) is 0 Å². The number of nitrogens with one attached hydrogen (secondary N) is 1. The van der Waals surface area contributed by atoms with Crippen molar-refractivity contribution in [3.05, 3.63) is 87.4 Å². The quantitative estimate of drug-likeness (QED) is 0.678. The number of hydrogen-bond donors (Lipinski definition) is 2. The van der Waals surface area contributed by atoms with Crippen molar-refractivity contribution in [3.8, 4) is 11.3 Å². The summed E-state index contributed by atoms with van der Waals surface area (Å²) in [6, 6.07) is 9.11. The molecule has 0 saturated heterocycles. The van der Waals surface area contributed by atoms with Crippen LogP contribution in [0.25, 0.3) is 11.3 Å². The van der Waals surface area contributed by atoms with Crippen LogP contribution in [0.2, 0.25) is 5.02 Å². The first-order chi connectivity index (χ1) is 13.4. The monoisotopic (exact) mass is 399 g/mol. The molecule has 2 heterocycles. The van der Waals surface area contributed by atoms with Gasteiger partial charge in [0.2, 0.25) is 5.95 Å². The zero-order valence-corrected chi connectivity index (χ0v) is 16.1. The Kier molecular flexibility index (Phi) is 5.75. The van der Waals surface area contributed by atoms with Crippen molar-refractivity contribution in [1.29, 1.82) is 0 Å². The van der Waals surface area contributed by atoms with Crippen LogP contribution in [0.1, 0.15) is 25.5 Å². The molecule has 1 unspecified atom stereocenters. The molecular formula is C20H19ClFN5O. The van der Waals surface area contributed by atoms with Crippen LogP contribution < -0.4 is 16.6 Å². The molecule has 0 aliphatic carbocycles. The summed E-state index contributed by atoms with van der Waals surface area (Å²) in [5.74, 6) is 0.246. The lowest BCUT2D eigenvalue weighted by molar-refractivity contribution is 0.593. The van der Waals surface area contributed by atoms with Gasteiger partial charge in [0.15, 0.2) is 0 Å². The molecule has 3 N–H and O–H groups in total. The van der Waals surface area contributed by atoms with Gasteiger partial charge in [-0.15, -0.1) is 0 Å². The van der Waals surface area contributed by atoms with E-state index < -0.39 is 5.82 Å². The van der Waals surface area contributed by atoms with Crippen LogP contribution in [0.4, 0.5) is 10.3 Å². The average molecular weight is 400 g/mol. The van der Waals surface area contributed by atoms with Crippen LogP contribution in [0.15, 0.2) is 65.5 Å². The molecule has 0 aliphatic rings. The third-order valence-electron chi connectivity index (χ3n) is 4.31. The maximum atomic E-state index is 13.7. The van der Waals surface area contributed by atoms with Crippen LogP contribution in [0.3, 0.4) is 0 Å². The fraction of sp³-hybridized carbons (Fsp3) is 0.150. The van der Waals surface area contributed by atoms with E-state index in [2.05, 4.69) is 15.3 Å². The minimum absolute atomic E-state index is 0.0466. The molecule has 0 bridgehead atoms. The Morgan fingerprint density at radius 3 is 2.79 bits per heavy atom. The van der Waals surface area contributed by atoms with Gasteiger partial charge in [-0.1, -0.05) is 17.7 Å². The highest BCUT2D eigenvalue weighted by Crippen LogP contribution is 2.23. The molecule has 3 rings (SSSR count). The predicted octanol–water partition coefficient (Wildman–Crippen LogP) is 3.94. The second-order valence-corrected chi connectivity index (χ2v) is 6.55. The van der Waals surface area contributed by atoms with Gasteiger partial charge in [0.1, 0.15) is 5.82 Å². The van der Waals surface area contributed by atoms with E-state index in [1.807, 2.05) is 6.92 Å². The summed E-state index contributed by atoms with van der Waals surface area (Å²) >= 11 is 5.73. The van der Waals surface area contributed by atoms with Crippen molar-refractivity contribution in [1.82, 2.24) is 14.5 Å². The lowest BCUT2D eigenvalue weighted by Gasteiger charge is -2.16. The molecule has 0 amide bonds. The molecular weight excluding hydrogens is 381 g/mol. The largest absolute Gasteiger partial charge is 0.385 e. The fourth-order valence-electron chi connectivity index (χ4n) is 2.68. The number of rotatable bonds is 5. The summed E-state index contributed by atoms with van der Waals surface area (Å²) in [4.78, 5) is 21.1. The molecule has 1 aromatic carbocycles. The van der Waals surface area contributed by atoms with E-state index in [4.69, 9.17) is 17.3 Å². The molecule has 0 saturated carbocycles. The summed E-state index contributed by atoms with van der Waals surface area (Å²) in [7, 11) is 0. The SMILES string of the molecule is C/C=C(\N)Nc1nccc(-c2ccn(C(C)c3ccc(Cl)c(F)c3)c(=O)c2)n1. The van der Waals surface area contributed by atoms with Gasteiger partial charge >= 0.3 is 0 Å². The summed E-state index contributed by atoms with van der Waals surface area (Å²) in [6.45, 7) is 3.61. The Morgan fingerprint density at radius 1 is 1.32 bits per heavy atom. The summed E-state index contributed by atoms with van der Waals surface area (Å²) < 4.78 is 15.3. The van der Waals surface area contributed by atoms with E-state index in [0.29, 0.717) is 28.6 Å². The van der Waals surface area contributed by atoms with Gasteiger partial charge in [-0.2, -0.15) is 0 Å². The second-order valence-electron chi connectivity index (χ2n) is 6.14. The Morgan fingerprint density at radius 2 is 2.11 bits per heavy atom. The molecule has 144 valence electrons. The molecule has 2 aromatic heterocycles. The third-order valence-corrected chi connectivity index (χ3v) is 4.62. The van der Waals surface area contributed by atoms with Crippen molar-refractivity contribution in [3.63, 3.8) is 0 Å². The van der Waals surface area contributed by atoms with E-state index in [0.717, 1.165) is 0 Å². The van der Waals surface area contributed by atoms with Crippen molar-refractivity contribution in [2.24, 2.45) is 5.73 Å².